The average molecular weight is 246 g/mol. The Morgan fingerprint density at radius 3 is 2.89 bits per heavy atom. The van der Waals surface area contributed by atoms with E-state index in [0.717, 1.165) is 38.1 Å². The quantitative estimate of drug-likeness (QED) is 0.821. The molecule has 0 radical (unpaired) electrons. The predicted octanol–water partition coefficient (Wildman–Crippen LogP) is 1.80. The van der Waals surface area contributed by atoms with E-state index >= 15 is 0 Å². The highest BCUT2D eigenvalue weighted by Crippen LogP contribution is 2.24. The molecule has 0 bridgehead atoms. The van der Waals surface area contributed by atoms with Gasteiger partial charge in [0.15, 0.2) is 0 Å². The maximum Gasteiger partial charge on any atom is 0.317 e. The summed E-state index contributed by atoms with van der Waals surface area (Å²) in [5.41, 5.74) is 1.18. The second-order valence-electron chi connectivity index (χ2n) is 4.96. The second-order valence-corrected chi connectivity index (χ2v) is 4.96. The van der Waals surface area contributed by atoms with Crippen LogP contribution in [0.3, 0.4) is 0 Å². The highest BCUT2D eigenvalue weighted by Gasteiger charge is 2.24. The van der Waals surface area contributed by atoms with Gasteiger partial charge in [-0.15, -0.1) is 0 Å². The van der Waals surface area contributed by atoms with Crippen molar-refractivity contribution in [3.8, 4) is 5.75 Å². The van der Waals surface area contributed by atoms with E-state index in [1.165, 1.54) is 5.56 Å². The van der Waals surface area contributed by atoms with Crippen LogP contribution in [0.1, 0.15) is 18.4 Å². The summed E-state index contributed by atoms with van der Waals surface area (Å²) in [6.07, 6.45) is 3.10. The van der Waals surface area contributed by atoms with Crippen LogP contribution in [0.25, 0.3) is 0 Å². The van der Waals surface area contributed by atoms with Crippen molar-refractivity contribution in [3.05, 3.63) is 29.8 Å². The number of nitrogens with one attached hydrogen (secondary N) is 1. The molecule has 2 aliphatic rings. The monoisotopic (exact) mass is 246 g/mol. The number of para-hydroxylation sites is 1. The fourth-order valence-corrected chi connectivity index (χ4v) is 2.61. The first kappa shape index (κ1) is 11.4. The molecule has 1 saturated heterocycles. The highest BCUT2D eigenvalue weighted by atomic mass is 16.5. The zero-order chi connectivity index (χ0) is 12.4. The van der Waals surface area contributed by atoms with Gasteiger partial charge < -0.3 is 15.0 Å². The Balaban J connectivity index is 1.60. The molecule has 0 aromatic heterocycles. The molecule has 2 heterocycles. The minimum absolute atomic E-state index is 0.0560. The molecule has 0 spiro atoms. The van der Waals surface area contributed by atoms with Crippen LogP contribution in [0, 0.1) is 0 Å². The van der Waals surface area contributed by atoms with E-state index in [9.17, 15) is 4.79 Å². The van der Waals surface area contributed by atoms with Gasteiger partial charge in [-0.1, -0.05) is 18.2 Å². The number of hydrogen-bond donors (Lipinski definition) is 1. The minimum atomic E-state index is 0.0560. The Morgan fingerprint density at radius 2 is 2.06 bits per heavy atom. The van der Waals surface area contributed by atoms with Crippen molar-refractivity contribution in [3.63, 3.8) is 0 Å². The van der Waals surface area contributed by atoms with Gasteiger partial charge in [-0.3, -0.25) is 0 Å². The lowest BCUT2D eigenvalue weighted by Crippen LogP contribution is -2.48. The van der Waals surface area contributed by atoms with Crippen LogP contribution < -0.4 is 10.1 Å². The van der Waals surface area contributed by atoms with Crippen molar-refractivity contribution < 1.29 is 9.53 Å². The van der Waals surface area contributed by atoms with Crippen LogP contribution in [0.2, 0.25) is 0 Å². The van der Waals surface area contributed by atoms with Crippen molar-refractivity contribution >= 4 is 6.03 Å². The largest absolute Gasteiger partial charge is 0.491 e. The lowest BCUT2D eigenvalue weighted by atomic mass is 10.0. The van der Waals surface area contributed by atoms with Gasteiger partial charge in [0, 0.05) is 13.1 Å². The van der Waals surface area contributed by atoms with Gasteiger partial charge in [0.2, 0.25) is 0 Å². The minimum Gasteiger partial charge on any atom is -0.491 e. The molecule has 4 nitrogen and oxygen atoms in total. The number of benzene rings is 1. The van der Waals surface area contributed by atoms with Gasteiger partial charge in [0.25, 0.3) is 0 Å². The van der Waals surface area contributed by atoms with E-state index in [2.05, 4.69) is 11.4 Å². The van der Waals surface area contributed by atoms with Gasteiger partial charge in [-0.2, -0.15) is 0 Å². The van der Waals surface area contributed by atoms with E-state index in [1.807, 2.05) is 23.1 Å². The van der Waals surface area contributed by atoms with Gasteiger partial charge in [0.1, 0.15) is 12.4 Å². The smallest absolute Gasteiger partial charge is 0.317 e. The Morgan fingerprint density at radius 1 is 1.28 bits per heavy atom. The number of likely N-dealkylation sites (tertiary alicyclic amines) is 1. The molecular weight excluding hydrogens is 228 g/mol. The van der Waals surface area contributed by atoms with Crippen LogP contribution in [0.5, 0.6) is 5.75 Å². The summed E-state index contributed by atoms with van der Waals surface area (Å²) in [6, 6.07) is 8.17. The van der Waals surface area contributed by atoms with Crippen LogP contribution >= 0.6 is 0 Å². The molecule has 0 aliphatic carbocycles. The zero-order valence-electron chi connectivity index (χ0n) is 10.4. The van der Waals surface area contributed by atoms with E-state index in [0.29, 0.717) is 6.61 Å². The Bertz CT molecular complexity index is 441. The number of urea groups is 1. The maximum absolute atomic E-state index is 12.0. The Hall–Kier alpha value is -1.71. The van der Waals surface area contributed by atoms with Crippen molar-refractivity contribution in [2.24, 2.45) is 0 Å². The first-order chi connectivity index (χ1) is 8.83. The summed E-state index contributed by atoms with van der Waals surface area (Å²) < 4.78 is 5.67. The zero-order valence-corrected chi connectivity index (χ0v) is 10.4. The SMILES string of the molecule is O=C(NC1COc2ccccc2C1)N1CCCC1. The summed E-state index contributed by atoms with van der Waals surface area (Å²) in [5, 5.41) is 3.06. The molecule has 1 unspecified atom stereocenters. The molecule has 1 aromatic rings. The number of nitrogens with zero attached hydrogens (tertiary/aromatic N) is 1. The van der Waals surface area contributed by atoms with Gasteiger partial charge >= 0.3 is 6.03 Å². The normalized spacial score (nSPS) is 22.2. The fourth-order valence-electron chi connectivity index (χ4n) is 2.61. The molecule has 1 N–H and O–H groups in total. The number of fused-ring (bicyclic) bond motifs is 1. The number of ether oxygens (including phenoxy) is 1. The molecule has 18 heavy (non-hydrogen) atoms. The van der Waals surface area contributed by atoms with E-state index in [4.69, 9.17) is 4.74 Å². The van der Waals surface area contributed by atoms with Crippen molar-refractivity contribution in [1.82, 2.24) is 10.2 Å². The van der Waals surface area contributed by atoms with Crippen molar-refractivity contribution in [2.75, 3.05) is 19.7 Å². The third-order valence-corrected chi connectivity index (χ3v) is 3.60. The van der Waals surface area contributed by atoms with Gasteiger partial charge in [-0.05, 0) is 30.9 Å². The summed E-state index contributed by atoms with van der Waals surface area (Å²) in [4.78, 5) is 13.9. The molecule has 2 aliphatic heterocycles. The molecule has 4 heteroatoms. The van der Waals surface area contributed by atoms with Gasteiger partial charge in [-0.25, -0.2) is 4.79 Å². The Kier molecular flexibility index (Phi) is 3.09. The number of hydrogen-bond acceptors (Lipinski definition) is 2. The van der Waals surface area contributed by atoms with Gasteiger partial charge in [0.05, 0.1) is 6.04 Å². The molecular formula is C14H18N2O2. The average Bonchev–Trinajstić information content (AvgIpc) is 2.92. The lowest BCUT2D eigenvalue weighted by Gasteiger charge is -2.27. The van der Waals surface area contributed by atoms with E-state index < -0.39 is 0 Å². The third-order valence-electron chi connectivity index (χ3n) is 3.60. The summed E-state index contributed by atoms with van der Waals surface area (Å²) in [5.74, 6) is 0.948. The predicted molar refractivity (Wildman–Crippen MR) is 68.8 cm³/mol. The number of amides is 2. The van der Waals surface area contributed by atoms with Crippen LogP contribution in [0.15, 0.2) is 24.3 Å². The molecule has 0 saturated carbocycles. The first-order valence-electron chi connectivity index (χ1n) is 6.59. The van der Waals surface area contributed by atoms with E-state index in [1.54, 1.807) is 0 Å². The molecule has 1 aromatic carbocycles. The molecule has 1 atom stereocenters. The number of carbonyl (C=O) groups excluding carboxylic acids is 1. The van der Waals surface area contributed by atoms with Crippen LogP contribution in [-0.2, 0) is 6.42 Å². The lowest BCUT2D eigenvalue weighted by molar-refractivity contribution is 0.189. The summed E-state index contributed by atoms with van der Waals surface area (Å²) in [6.45, 7) is 2.34. The molecule has 2 amide bonds. The number of carbonyl (C=O) groups is 1. The van der Waals surface area contributed by atoms with Crippen molar-refractivity contribution in [1.29, 1.82) is 0 Å². The fraction of sp³-hybridized carbons (Fsp3) is 0.500. The summed E-state index contributed by atoms with van der Waals surface area (Å²) >= 11 is 0. The molecule has 96 valence electrons. The second kappa shape index (κ2) is 4.88. The molecule has 1 fully saturated rings. The van der Waals surface area contributed by atoms with Crippen LogP contribution in [-0.4, -0.2) is 36.7 Å². The third kappa shape index (κ3) is 2.28. The maximum atomic E-state index is 12.0. The molecule has 3 rings (SSSR count). The van der Waals surface area contributed by atoms with Crippen molar-refractivity contribution in [2.45, 2.75) is 25.3 Å². The van der Waals surface area contributed by atoms with E-state index in [-0.39, 0.29) is 12.1 Å². The van der Waals surface area contributed by atoms with Crippen LogP contribution in [0.4, 0.5) is 4.79 Å². The number of rotatable bonds is 1. The highest BCUT2D eigenvalue weighted by molar-refractivity contribution is 5.74. The first-order valence-corrected chi connectivity index (χ1v) is 6.59. The summed E-state index contributed by atoms with van der Waals surface area (Å²) in [7, 11) is 0. The standard InChI is InChI=1S/C14H18N2O2/c17-14(16-7-3-4-8-16)15-12-9-11-5-1-2-6-13(11)18-10-12/h1-2,5-6,12H,3-4,7-10H2,(H,15,17). The topological polar surface area (TPSA) is 41.6 Å². The Labute approximate surface area is 107 Å².